The van der Waals surface area contributed by atoms with Crippen LogP contribution in [0.25, 0.3) is 0 Å². The van der Waals surface area contributed by atoms with E-state index >= 15 is 0 Å². The number of rotatable bonds is 3. The van der Waals surface area contributed by atoms with Gasteiger partial charge in [0.25, 0.3) is 0 Å². The number of benzene rings is 1. The van der Waals surface area contributed by atoms with Gasteiger partial charge in [0.15, 0.2) is 11.6 Å². The highest BCUT2D eigenvalue weighted by atomic mass is 19.1. The zero-order valence-corrected chi connectivity index (χ0v) is 9.23. The summed E-state index contributed by atoms with van der Waals surface area (Å²) in [4.78, 5) is 0. The minimum absolute atomic E-state index is 0.287. The Morgan fingerprint density at radius 1 is 1.36 bits per heavy atom. The van der Waals surface area contributed by atoms with Crippen molar-refractivity contribution in [3.05, 3.63) is 29.6 Å². The van der Waals surface area contributed by atoms with Gasteiger partial charge in [-0.3, -0.25) is 0 Å². The highest BCUT2D eigenvalue weighted by molar-refractivity contribution is 5.29. The fourth-order valence-electron chi connectivity index (χ4n) is 1.02. The first-order chi connectivity index (χ1) is 6.77. The van der Waals surface area contributed by atoms with E-state index in [1.165, 1.54) is 13.2 Å². The molecule has 0 radical (unpaired) electrons. The molecule has 0 heterocycles. The average Bonchev–Trinajstić information content (AvgIpc) is 2.22. The second kappa shape index (κ2) is 7.33. The lowest BCUT2D eigenvalue weighted by Gasteiger charge is -2.03. The van der Waals surface area contributed by atoms with E-state index in [0.717, 1.165) is 5.56 Å². The molecule has 0 bridgehead atoms. The monoisotopic (exact) mass is 199 g/mol. The summed E-state index contributed by atoms with van der Waals surface area (Å²) in [6, 6.07) is 4.93. The maximum absolute atomic E-state index is 13.0. The maximum atomic E-state index is 13.0. The van der Waals surface area contributed by atoms with Gasteiger partial charge in [0.2, 0.25) is 0 Å². The van der Waals surface area contributed by atoms with Gasteiger partial charge in [-0.05, 0) is 24.7 Å². The molecule has 0 fully saturated rings. The maximum Gasteiger partial charge on any atom is 0.165 e. The number of methoxy groups -OCH3 is 1. The van der Waals surface area contributed by atoms with Crippen molar-refractivity contribution in [2.24, 2.45) is 0 Å². The van der Waals surface area contributed by atoms with Crippen LogP contribution in [0.4, 0.5) is 4.39 Å². The molecule has 1 aromatic carbocycles. The van der Waals surface area contributed by atoms with Crippen molar-refractivity contribution in [3.63, 3.8) is 0 Å². The molecule has 14 heavy (non-hydrogen) atoms. The molecule has 0 unspecified atom stereocenters. The third kappa shape index (κ3) is 3.75. The molecule has 0 amide bonds. The molecule has 0 aliphatic rings. The number of nitrogens with one attached hydrogen (secondary N) is 1. The Balaban J connectivity index is 0.000000791. The van der Waals surface area contributed by atoms with Gasteiger partial charge in [-0.15, -0.1) is 0 Å². The standard InChI is InChI=1S/C9H12FNO.C2H6/c1-11-6-7-3-4-9(12-2)8(10)5-7;1-2/h3-5,11H,6H2,1-2H3;1-2H3. The average molecular weight is 199 g/mol. The van der Waals surface area contributed by atoms with Crippen molar-refractivity contribution in [2.75, 3.05) is 14.2 Å². The highest BCUT2D eigenvalue weighted by Crippen LogP contribution is 2.17. The van der Waals surface area contributed by atoms with Gasteiger partial charge in [0.05, 0.1) is 7.11 Å². The van der Waals surface area contributed by atoms with Gasteiger partial charge in [-0.2, -0.15) is 0 Å². The second-order valence-corrected chi connectivity index (χ2v) is 2.50. The van der Waals surface area contributed by atoms with Crippen LogP contribution in [0.1, 0.15) is 19.4 Å². The fourth-order valence-corrected chi connectivity index (χ4v) is 1.02. The van der Waals surface area contributed by atoms with Crippen molar-refractivity contribution < 1.29 is 9.13 Å². The molecule has 0 aliphatic carbocycles. The molecule has 0 spiro atoms. The van der Waals surface area contributed by atoms with Gasteiger partial charge in [0.1, 0.15) is 0 Å². The Morgan fingerprint density at radius 3 is 2.43 bits per heavy atom. The van der Waals surface area contributed by atoms with Crippen LogP contribution in [0, 0.1) is 5.82 Å². The van der Waals surface area contributed by atoms with Crippen LogP contribution in [0.15, 0.2) is 18.2 Å². The second-order valence-electron chi connectivity index (χ2n) is 2.50. The van der Waals surface area contributed by atoms with Crippen LogP contribution in [0.3, 0.4) is 0 Å². The molecular formula is C11H18FNO. The lowest BCUT2D eigenvalue weighted by Crippen LogP contribution is -2.05. The van der Waals surface area contributed by atoms with Crippen LogP contribution in [-0.2, 0) is 6.54 Å². The molecule has 0 aliphatic heterocycles. The number of ether oxygens (including phenoxy) is 1. The lowest BCUT2D eigenvalue weighted by atomic mass is 10.2. The summed E-state index contributed by atoms with van der Waals surface area (Å²) in [6.07, 6.45) is 0. The third-order valence-corrected chi connectivity index (χ3v) is 1.60. The Morgan fingerprint density at radius 2 is 2.00 bits per heavy atom. The molecule has 2 nitrogen and oxygen atoms in total. The van der Waals surface area contributed by atoms with Crippen LogP contribution in [-0.4, -0.2) is 14.2 Å². The first-order valence-corrected chi connectivity index (χ1v) is 4.75. The van der Waals surface area contributed by atoms with Crippen LogP contribution in [0.5, 0.6) is 5.75 Å². The Hall–Kier alpha value is -1.09. The Labute approximate surface area is 85.1 Å². The summed E-state index contributed by atoms with van der Waals surface area (Å²) < 4.78 is 17.8. The minimum Gasteiger partial charge on any atom is -0.494 e. The molecule has 1 aromatic rings. The van der Waals surface area contributed by atoms with E-state index in [9.17, 15) is 4.39 Å². The Bertz CT molecular complexity index is 263. The number of hydrogen-bond donors (Lipinski definition) is 1. The van der Waals surface area contributed by atoms with Gasteiger partial charge >= 0.3 is 0 Å². The van der Waals surface area contributed by atoms with Crippen molar-refractivity contribution in [3.8, 4) is 5.75 Å². The van der Waals surface area contributed by atoms with Gasteiger partial charge in [-0.25, -0.2) is 4.39 Å². The summed E-state index contributed by atoms with van der Waals surface area (Å²) in [7, 11) is 3.28. The van der Waals surface area contributed by atoms with E-state index in [1.54, 1.807) is 6.07 Å². The molecule has 1 N–H and O–H groups in total. The van der Waals surface area contributed by atoms with E-state index in [4.69, 9.17) is 4.74 Å². The number of hydrogen-bond acceptors (Lipinski definition) is 2. The molecule has 0 aromatic heterocycles. The summed E-state index contributed by atoms with van der Waals surface area (Å²) >= 11 is 0. The Kier molecular flexibility index (Phi) is 6.76. The van der Waals surface area contributed by atoms with E-state index < -0.39 is 0 Å². The quantitative estimate of drug-likeness (QED) is 0.807. The van der Waals surface area contributed by atoms with Crippen LogP contribution in [0.2, 0.25) is 0 Å². The summed E-state index contributed by atoms with van der Waals surface area (Å²) in [5, 5.41) is 2.94. The zero-order valence-electron chi connectivity index (χ0n) is 9.23. The minimum atomic E-state index is -0.315. The van der Waals surface area contributed by atoms with Crippen LogP contribution >= 0.6 is 0 Å². The molecule has 0 saturated heterocycles. The molecule has 3 heteroatoms. The van der Waals surface area contributed by atoms with Crippen molar-refractivity contribution >= 4 is 0 Å². The predicted molar refractivity (Wildman–Crippen MR) is 57.1 cm³/mol. The fraction of sp³-hybridized carbons (Fsp3) is 0.455. The van der Waals surface area contributed by atoms with Gasteiger partial charge in [-0.1, -0.05) is 19.9 Å². The highest BCUT2D eigenvalue weighted by Gasteiger charge is 2.01. The van der Waals surface area contributed by atoms with Gasteiger partial charge < -0.3 is 10.1 Å². The van der Waals surface area contributed by atoms with Crippen molar-refractivity contribution in [1.29, 1.82) is 0 Å². The molecule has 0 atom stereocenters. The van der Waals surface area contributed by atoms with E-state index in [2.05, 4.69) is 5.32 Å². The van der Waals surface area contributed by atoms with Crippen molar-refractivity contribution in [1.82, 2.24) is 5.32 Å². The molecule has 80 valence electrons. The predicted octanol–water partition coefficient (Wildman–Crippen LogP) is 2.58. The molecule has 1 rings (SSSR count). The van der Waals surface area contributed by atoms with Crippen molar-refractivity contribution in [2.45, 2.75) is 20.4 Å². The zero-order chi connectivity index (χ0) is 11.0. The van der Waals surface area contributed by atoms with Crippen LogP contribution < -0.4 is 10.1 Å². The summed E-state index contributed by atoms with van der Waals surface area (Å²) in [6.45, 7) is 4.67. The molecule has 0 saturated carbocycles. The number of halogens is 1. The van der Waals surface area contributed by atoms with E-state index in [-0.39, 0.29) is 11.6 Å². The third-order valence-electron chi connectivity index (χ3n) is 1.60. The summed E-state index contributed by atoms with van der Waals surface area (Å²) in [5.74, 6) is -0.0277. The smallest absolute Gasteiger partial charge is 0.165 e. The molecular weight excluding hydrogens is 181 g/mol. The van der Waals surface area contributed by atoms with E-state index in [0.29, 0.717) is 6.54 Å². The first-order valence-electron chi connectivity index (χ1n) is 4.75. The van der Waals surface area contributed by atoms with E-state index in [1.807, 2.05) is 27.0 Å². The first kappa shape index (κ1) is 12.9. The summed E-state index contributed by atoms with van der Waals surface area (Å²) in [5.41, 5.74) is 0.913. The lowest BCUT2D eigenvalue weighted by molar-refractivity contribution is 0.386. The normalized spacial score (nSPS) is 8.93. The SMILES string of the molecule is CC.CNCc1ccc(OC)c(F)c1. The topological polar surface area (TPSA) is 21.3 Å². The largest absolute Gasteiger partial charge is 0.494 e. The van der Waals surface area contributed by atoms with Gasteiger partial charge in [0, 0.05) is 6.54 Å².